The maximum atomic E-state index is 14.0. The molecule has 1 unspecified atom stereocenters. The molecule has 0 bridgehead atoms. The first kappa shape index (κ1) is 19.6. The highest BCUT2D eigenvalue weighted by Crippen LogP contribution is 2.50. The molecule has 1 rings (SSSR count). The highest BCUT2D eigenvalue weighted by molar-refractivity contribution is 5.48. The van der Waals surface area contributed by atoms with Crippen LogP contribution in [0.1, 0.15) is 56.2 Å². The molecule has 0 fully saturated rings. The number of hydrogen-bond acceptors (Lipinski definition) is 2. The van der Waals surface area contributed by atoms with Gasteiger partial charge in [0.15, 0.2) is 0 Å². The molecule has 0 heterocycles. The highest BCUT2D eigenvalue weighted by atomic mass is 19.4. The largest absolute Gasteiger partial charge is 0.507 e. The number of halogens is 6. The molecule has 0 spiro atoms. The molecule has 0 saturated carbocycles. The maximum absolute atomic E-state index is 14.0. The van der Waals surface area contributed by atoms with E-state index in [-0.39, 0.29) is 16.9 Å². The standard InChI is InChI=1S/C15H18F6O2/c1-7(2)10-5-9(6-11(8(3)4)12(10)22)13(16,17)14(18,23)15(19,20)21/h5-8,22-23H,1-4H3. The summed E-state index contributed by atoms with van der Waals surface area (Å²) in [5.74, 6) is -12.3. The average Bonchev–Trinajstić information content (AvgIpc) is 2.36. The first-order valence-electron chi connectivity index (χ1n) is 6.87. The minimum Gasteiger partial charge on any atom is -0.507 e. The van der Waals surface area contributed by atoms with E-state index in [2.05, 4.69) is 0 Å². The Labute approximate surface area is 129 Å². The van der Waals surface area contributed by atoms with Gasteiger partial charge in [-0.25, -0.2) is 0 Å². The third-order valence-corrected chi connectivity index (χ3v) is 3.57. The molecule has 0 amide bonds. The van der Waals surface area contributed by atoms with Gasteiger partial charge in [-0.1, -0.05) is 27.7 Å². The van der Waals surface area contributed by atoms with E-state index in [1.165, 1.54) is 27.7 Å². The van der Waals surface area contributed by atoms with Gasteiger partial charge in [-0.15, -0.1) is 0 Å². The predicted octanol–water partition coefficient (Wildman–Crippen LogP) is 4.95. The Morgan fingerprint density at radius 2 is 1.17 bits per heavy atom. The Balaban J connectivity index is 3.66. The van der Waals surface area contributed by atoms with Crippen LogP contribution < -0.4 is 0 Å². The Bertz CT molecular complexity index is 547. The molecule has 1 aromatic rings. The van der Waals surface area contributed by atoms with E-state index in [1.807, 2.05) is 0 Å². The topological polar surface area (TPSA) is 40.5 Å². The summed E-state index contributed by atoms with van der Waals surface area (Å²) in [7, 11) is 0. The Morgan fingerprint density at radius 1 is 0.826 bits per heavy atom. The van der Waals surface area contributed by atoms with Crippen molar-refractivity contribution in [2.45, 2.75) is 57.5 Å². The fourth-order valence-electron chi connectivity index (χ4n) is 2.11. The summed E-state index contributed by atoms with van der Waals surface area (Å²) >= 11 is 0. The summed E-state index contributed by atoms with van der Waals surface area (Å²) in [5, 5.41) is 18.8. The quantitative estimate of drug-likeness (QED) is 0.759. The smallest absolute Gasteiger partial charge is 0.455 e. The van der Waals surface area contributed by atoms with Crippen molar-refractivity contribution in [1.82, 2.24) is 0 Å². The van der Waals surface area contributed by atoms with Crippen molar-refractivity contribution in [3.8, 4) is 5.75 Å². The number of rotatable bonds is 4. The minimum absolute atomic E-state index is 0.0520. The lowest BCUT2D eigenvalue weighted by molar-refractivity contribution is -0.390. The summed E-state index contributed by atoms with van der Waals surface area (Å²) in [6.07, 6.45) is -6.18. The van der Waals surface area contributed by atoms with Crippen LogP contribution in [0.15, 0.2) is 12.1 Å². The van der Waals surface area contributed by atoms with E-state index in [0.29, 0.717) is 12.1 Å². The normalized spacial score (nSPS) is 16.0. The fourth-order valence-corrected chi connectivity index (χ4v) is 2.11. The van der Waals surface area contributed by atoms with E-state index in [1.54, 1.807) is 0 Å². The van der Waals surface area contributed by atoms with Gasteiger partial charge in [0.25, 0.3) is 0 Å². The molecule has 1 atom stereocenters. The number of alkyl halides is 6. The zero-order valence-corrected chi connectivity index (χ0v) is 13.0. The molecule has 0 radical (unpaired) electrons. The van der Waals surface area contributed by atoms with Crippen molar-refractivity contribution in [1.29, 1.82) is 0 Å². The van der Waals surface area contributed by atoms with Crippen LogP contribution in [0, 0.1) is 0 Å². The van der Waals surface area contributed by atoms with Crippen molar-refractivity contribution in [2.75, 3.05) is 0 Å². The van der Waals surface area contributed by atoms with Crippen molar-refractivity contribution >= 4 is 0 Å². The zero-order chi connectivity index (χ0) is 18.4. The molecule has 0 aliphatic heterocycles. The lowest BCUT2D eigenvalue weighted by Gasteiger charge is -2.31. The molecule has 0 aliphatic rings. The molecule has 23 heavy (non-hydrogen) atoms. The number of benzene rings is 1. The fraction of sp³-hybridized carbons (Fsp3) is 0.600. The summed E-state index contributed by atoms with van der Waals surface area (Å²) in [6, 6.07) is 1.17. The van der Waals surface area contributed by atoms with Crippen LogP contribution in [-0.4, -0.2) is 22.2 Å². The second kappa shape index (κ2) is 5.89. The van der Waals surface area contributed by atoms with Crippen LogP contribution in [-0.2, 0) is 5.92 Å². The highest BCUT2D eigenvalue weighted by Gasteiger charge is 2.71. The van der Waals surface area contributed by atoms with Crippen LogP contribution in [0.2, 0.25) is 0 Å². The van der Waals surface area contributed by atoms with Gasteiger partial charge in [0.2, 0.25) is 0 Å². The number of hydrogen-bond donors (Lipinski definition) is 2. The Morgan fingerprint density at radius 3 is 1.43 bits per heavy atom. The lowest BCUT2D eigenvalue weighted by atomic mass is 9.88. The van der Waals surface area contributed by atoms with Crippen LogP contribution in [0.25, 0.3) is 0 Å². The van der Waals surface area contributed by atoms with Crippen LogP contribution in [0.3, 0.4) is 0 Å². The van der Waals surface area contributed by atoms with Crippen molar-refractivity contribution in [3.63, 3.8) is 0 Å². The second-order valence-electron chi connectivity index (χ2n) is 6.01. The monoisotopic (exact) mass is 344 g/mol. The summed E-state index contributed by atoms with van der Waals surface area (Å²) in [4.78, 5) is 0. The summed E-state index contributed by atoms with van der Waals surface area (Å²) in [6.45, 7) is 6.14. The SMILES string of the molecule is CC(C)c1cc(C(F)(F)C(O)(F)C(F)(F)F)cc(C(C)C)c1O. The van der Waals surface area contributed by atoms with Gasteiger partial charge in [0, 0.05) is 5.56 Å². The molecule has 8 heteroatoms. The molecule has 132 valence electrons. The van der Waals surface area contributed by atoms with Gasteiger partial charge >= 0.3 is 18.0 Å². The summed E-state index contributed by atoms with van der Waals surface area (Å²) in [5.41, 5.74) is -1.45. The van der Waals surface area contributed by atoms with Crippen LogP contribution >= 0.6 is 0 Å². The zero-order valence-electron chi connectivity index (χ0n) is 13.0. The van der Waals surface area contributed by atoms with Gasteiger partial charge in [-0.05, 0) is 35.1 Å². The summed E-state index contributed by atoms with van der Waals surface area (Å²) < 4.78 is 78.9. The van der Waals surface area contributed by atoms with E-state index in [0.717, 1.165) is 0 Å². The van der Waals surface area contributed by atoms with Crippen molar-refractivity contribution < 1.29 is 36.6 Å². The van der Waals surface area contributed by atoms with E-state index >= 15 is 0 Å². The third-order valence-electron chi connectivity index (χ3n) is 3.57. The van der Waals surface area contributed by atoms with Gasteiger partial charge in [0.1, 0.15) is 5.75 Å². The van der Waals surface area contributed by atoms with Crippen molar-refractivity contribution in [2.24, 2.45) is 0 Å². The third kappa shape index (κ3) is 3.27. The Hall–Kier alpha value is -1.44. The molecule has 2 nitrogen and oxygen atoms in total. The second-order valence-corrected chi connectivity index (χ2v) is 6.01. The van der Waals surface area contributed by atoms with Gasteiger partial charge in [-0.2, -0.15) is 26.3 Å². The molecular weight excluding hydrogens is 326 g/mol. The van der Waals surface area contributed by atoms with Crippen LogP contribution in [0.5, 0.6) is 5.75 Å². The maximum Gasteiger partial charge on any atom is 0.455 e. The molecule has 0 saturated heterocycles. The molecule has 0 aliphatic carbocycles. The first-order chi connectivity index (χ1) is 10.1. The van der Waals surface area contributed by atoms with E-state index < -0.39 is 35.4 Å². The average molecular weight is 344 g/mol. The molecular formula is C15H18F6O2. The predicted molar refractivity (Wildman–Crippen MR) is 72.3 cm³/mol. The van der Waals surface area contributed by atoms with Crippen LogP contribution in [0.4, 0.5) is 26.3 Å². The Kier molecular flexibility index (Phi) is 5.02. The lowest BCUT2D eigenvalue weighted by Crippen LogP contribution is -2.53. The van der Waals surface area contributed by atoms with Gasteiger partial charge in [-0.3, -0.25) is 0 Å². The number of phenols is 1. The minimum atomic E-state index is -6.18. The molecule has 1 aromatic carbocycles. The first-order valence-corrected chi connectivity index (χ1v) is 6.87. The van der Waals surface area contributed by atoms with E-state index in [9.17, 15) is 31.4 Å². The van der Waals surface area contributed by atoms with Crippen molar-refractivity contribution in [3.05, 3.63) is 28.8 Å². The molecule has 0 aromatic heterocycles. The van der Waals surface area contributed by atoms with Gasteiger partial charge in [0.05, 0.1) is 0 Å². The molecule has 2 N–H and O–H groups in total. The van der Waals surface area contributed by atoms with Gasteiger partial charge < -0.3 is 10.2 Å². The number of aromatic hydroxyl groups is 1. The number of aliphatic hydroxyl groups is 1. The number of phenolic OH excluding ortho intramolecular Hbond substituents is 1. The van der Waals surface area contributed by atoms with E-state index in [4.69, 9.17) is 5.11 Å².